The van der Waals surface area contributed by atoms with Crippen molar-refractivity contribution in [3.63, 3.8) is 0 Å². The van der Waals surface area contributed by atoms with E-state index in [9.17, 15) is 13.2 Å². The molecule has 2 N–H and O–H groups in total. The van der Waals surface area contributed by atoms with E-state index in [0.29, 0.717) is 19.1 Å². The van der Waals surface area contributed by atoms with Gasteiger partial charge in [-0.15, -0.1) is 0 Å². The summed E-state index contributed by atoms with van der Waals surface area (Å²) in [7, 11) is -0.793. The minimum atomic E-state index is -3.78. The van der Waals surface area contributed by atoms with Gasteiger partial charge in [0.05, 0.1) is 7.11 Å². The Labute approximate surface area is 102 Å². The molecule has 1 aliphatic rings. The zero-order valence-electron chi connectivity index (χ0n) is 10.3. The van der Waals surface area contributed by atoms with Crippen LogP contribution in [-0.2, 0) is 14.9 Å². The molecule has 2 atom stereocenters. The van der Waals surface area contributed by atoms with Gasteiger partial charge in [0.15, 0.2) is 0 Å². The Morgan fingerprint density at radius 2 is 2.12 bits per heavy atom. The molecule has 1 rings (SSSR count). The van der Waals surface area contributed by atoms with E-state index in [4.69, 9.17) is 0 Å². The molecule has 1 heterocycles. The Hall–Kier alpha value is -0.860. The monoisotopic (exact) mass is 265 g/mol. The largest absolute Gasteiger partial charge is 0.452 e. The van der Waals surface area contributed by atoms with Crippen LogP contribution in [0, 0.1) is 5.92 Å². The molecular weight excluding hydrogens is 246 g/mol. The van der Waals surface area contributed by atoms with Crippen molar-refractivity contribution in [2.75, 3.05) is 27.2 Å². The van der Waals surface area contributed by atoms with Crippen LogP contribution in [0.2, 0.25) is 0 Å². The van der Waals surface area contributed by atoms with Crippen molar-refractivity contribution in [1.82, 2.24) is 14.3 Å². The highest BCUT2D eigenvalue weighted by molar-refractivity contribution is 7.87. The molecule has 0 aromatic heterocycles. The molecule has 0 radical (unpaired) electrons. The topological polar surface area (TPSA) is 87.7 Å². The minimum absolute atomic E-state index is 0.197. The van der Waals surface area contributed by atoms with E-state index < -0.39 is 16.3 Å². The summed E-state index contributed by atoms with van der Waals surface area (Å²) in [6, 6.07) is 0.305. The van der Waals surface area contributed by atoms with Crippen molar-refractivity contribution < 1.29 is 17.9 Å². The summed E-state index contributed by atoms with van der Waals surface area (Å²) in [5.41, 5.74) is 0. The fraction of sp³-hybridized carbons (Fsp3) is 0.889. The molecule has 0 aliphatic carbocycles. The Kier molecular flexibility index (Phi) is 4.72. The van der Waals surface area contributed by atoms with Gasteiger partial charge >= 0.3 is 16.3 Å². The van der Waals surface area contributed by atoms with Crippen molar-refractivity contribution in [3.8, 4) is 0 Å². The van der Waals surface area contributed by atoms with Gasteiger partial charge in [0.1, 0.15) is 0 Å². The molecule has 0 aromatic rings. The van der Waals surface area contributed by atoms with E-state index in [1.165, 1.54) is 4.31 Å². The molecule has 0 aromatic carbocycles. The van der Waals surface area contributed by atoms with Crippen molar-refractivity contribution in [2.24, 2.45) is 5.92 Å². The zero-order valence-corrected chi connectivity index (χ0v) is 11.1. The summed E-state index contributed by atoms with van der Waals surface area (Å²) >= 11 is 0. The van der Waals surface area contributed by atoms with Gasteiger partial charge in [0.2, 0.25) is 0 Å². The first-order valence-corrected chi connectivity index (χ1v) is 6.87. The van der Waals surface area contributed by atoms with Crippen LogP contribution in [-0.4, -0.2) is 52.1 Å². The van der Waals surface area contributed by atoms with Crippen molar-refractivity contribution in [2.45, 2.75) is 19.4 Å². The summed E-state index contributed by atoms with van der Waals surface area (Å²) in [5, 5.41) is 3.14. The van der Waals surface area contributed by atoms with Gasteiger partial charge in [0.25, 0.3) is 0 Å². The van der Waals surface area contributed by atoms with Crippen molar-refractivity contribution in [1.29, 1.82) is 0 Å². The standard InChI is InChI=1S/C9H19N3O4S/c1-7-6-12(5-4-8(7)10-2)17(14,15)11-9(13)16-3/h7-8,10H,4-6H2,1-3H3,(H,11,13). The van der Waals surface area contributed by atoms with Gasteiger partial charge in [-0.25, -0.2) is 9.52 Å². The molecule has 0 spiro atoms. The Morgan fingerprint density at radius 1 is 1.47 bits per heavy atom. The first-order chi connectivity index (χ1) is 7.90. The van der Waals surface area contributed by atoms with Gasteiger partial charge in [-0.2, -0.15) is 12.7 Å². The number of nitrogens with zero attached hydrogens (tertiary/aromatic N) is 1. The van der Waals surface area contributed by atoms with Crippen LogP contribution in [0.25, 0.3) is 0 Å². The van der Waals surface area contributed by atoms with Crippen molar-refractivity contribution >= 4 is 16.3 Å². The van der Waals surface area contributed by atoms with E-state index in [2.05, 4.69) is 10.1 Å². The summed E-state index contributed by atoms with van der Waals surface area (Å²) in [5.74, 6) is 0.197. The zero-order chi connectivity index (χ0) is 13.1. The van der Waals surface area contributed by atoms with Gasteiger partial charge < -0.3 is 10.1 Å². The third-order valence-electron chi connectivity index (χ3n) is 2.98. The van der Waals surface area contributed by atoms with Crippen LogP contribution < -0.4 is 10.0 Å². The maximum Gasteiger partial charge on any atom is 0.421 e. The summed E-state index contributed by atoms with van der Waals surface area (Å²) in [6.07, 6.45) is -0.242. The van der Waals surface area contributed by atoms with E-state index in [-0.39, 0.29) is 5.92 Å². The predicted molar refractivity (Wildman–Crippen MR) is 62.7 cm³/mol. The summed E-state index contributed by atoms with van der Waals surface area (Å²) in [6.45, 7) is 2.75. The number of rotatable bonds is 3. The van der Waals surface area contributed by atoms with Crippen LogP contribution in [0.1, 0.15) is 13.3 Å². The number of nitrogens with one attached hydrogen (secondary N) is 2. The first kappa shape index (κ1) is 14.2. The highest BCUT2D eigenvalue weighted by Gasteiger charge is 2.32. The van der Waals surface area contributed by atoms with Crippen molar-refractivity contribution in [3.05, 3.63) is 0 Å². The van der Waals surface area contributed by atoms with Gasteiger partial charge in [-0.05, 0) is 19.4 Å². The van der Waals surface area contributed by atoms with E-state index in [0.717, 1.165) is 13.5 Å². The number of methoxy groups -OCH3 is 1. The van der Waals surface area contributed by atoms with Crippen LogP contribution in [0.4, 0.5) is 4.79 Å². The van der Waals surface area contributed by atoms with Crippen LogP contribution in [0.3, 0.4) is 0 Å². The lowest BCUT2D eigenvalue weighted by molar-refractivity contribution is 0.175. The van der Waals surface area contributed by atoms with Gasteiger partial charge in [-0.1, -0.05) is 6.92 Å². The molecule has 17 heavy (non-hydrogen) atoms. The highest BCUT2D eigenvalue weighted by Crippen LogP contribution is 2.18. The molecule has 1 saturated heterocycles. The average molecular weight is 265 g/mol. The second kappa shape index (κ2) is 5.65. The van der Waals surface area contributed by atoms with Crippen LogP contribution in [0.15, 0.2) is 0 Å². The average Bonchev–Trinajstić information content (AvgIpc) is 2.28. The molecule has 1 aliphatic heterocycles. The Morgan fingerprint density at radius 3 is 2.59 bits per heavy atom. The van der Waals surface area contributed by atoms with Crippen LogP contribution >= 0.6 is 0 Å². The Balaban J connectivity index is 2.65. The number of amides is 1. The lowest BCUT2D eigenvalue weighted by Gasteiger charge is -2.35. The highest BCUT2D eigenvalue weighted by atomic mass is 32.2. The molecule has 0 bridgehead atoms. The number of hydrogen-bond donors (Lipinski definition) is 2. The lowest BCUT2D eigenvalue weighted by atomic mass is 9.96. The molecule has 0 saturated carbocycles. The quantitative estimate of drug-likeness (QED) is 0.719. The summed E-state index contributed by atoms with van der Waals surface area (Å²) < 4.78 is 31.0. The summed E-state index contributed by atoms with van der Waals surface area (Å²) in [4.78, 5) is 10.9. The minimum Gasteiger partial charge on any atom is -0.452 e. The maximum absolute atomic E-state index is 11.8. The Bertz CT molecular complexity index is 370. The van der Waals surface area contributed by atoms with E-state index >= 15 is 0 Å². The van der Waals surface area contributed by atoms with Gasteiger partial charge in [0, 0.05) is 19.1 Å². The lowest BCUT2D eigenvalue weighted by Crippen LogP contribution is -2.53. The molecule has 1 amide bonds. The van der Waals surface area contributed by atoms with E-state index in [1.54, 1.807) is 0 Å². The molecule has 100 valence electrons. The van der Waals surface area contributed by atoms with E-state index in [1.807, 2.05) is 18.7 Å². The number of hydrogen-bond acceptors (Lipinski definition) is 5. The third kappa shape index (κ3) is 3.55. The molecule has 1 fully saturated rings. The second-order valence-corrected chi connectivity index (χ2v) is 5.79. The molecule has 7 nitrogen and oxygen atoms in total. The first-order valence-electron chi connectivity index (χ1n) is 5.43. The molecular formula is C9H19N3O4S. The number of ether oxygens (including phenoxy) is 1. The molecule has 8 heteroatoms. The van der Waals surface area contributed by atoms with Crippen LogP contribution in [0.5, 0.6) is 0 Å². The third-order valence-corrected chi connectivity index (χ3v) is 4.41. The fourth-order valence-electron chi connectivity index (χ4n) is 1.97. The molecule has 2 unspecified atom stereocenters. The number of carbonyl (C=O) groups is 1. The number of piperidine rings is 1. The fourth-order valence-corrected chi connectivity index (χ4v) is 3.17. The SMILES string of the molecule is CNC1CCN(S(=O)(=O)NC(=O)OC)CC1C. The number of carbonyl (C=O) groups excluding carboxylic acids is 1. The maximum atomic E-state index is 11.8. The second-order valence-electron chi connectivity index (χ2n) is 4.12. The predicted octanol–water partition coefficient (Wildman–Crippen LogP) is -0.483. The smallest absolute Gasteiger partial charge is 0.421 e. The normalized spacial score (nSPS) is 26.5. The van der Waals surface area contributed by atoms with Gasteiger partial charge in [-0.3, -0.25) is 0 Å².